The number of rotatable bonds is 6. The van der Waals surface area contributed by atoms with Crippen molar-refractivity contribution in [1.82, 2.24) is 15.6 Å². The maximum absolute atomic E-state index is 11.6. The van der Waals surface area contributed by atoms with Gasteiger partial charge in [-0.2, -0.15) is 0 Å². The van der Waals surface area contributed by atoms with Gasteiger partial charge in [0.1, 0.15) is 5.56 Å². The molecule has 0 bridgehead atoms. The van der Waals surface area contributed by atoms with Crippen molar-refractivity contribution in [2.75, 3.05) is 13.2 Å². The van der Waals surface area contributed by atoms with Crippen LogP contribution < -0.4 is 16.2 Å². The lowest BCUT2D eigenvalue weighted by Crippen LogP contribution is -2.42. The molecule has 8 heteroatoms. The fourth-order valence-corrected chi connectivity index (χ4v) is 1.47. The number of urea groups is 1. The molecule has 120 valence electrons. The number of amides is 3. The highest BCUT2D eigenvalue weighted by Crippen LogP contribution is 1.96. The van der Waals surface area contributed by atoms with Crippen molar-refractivity contribution >= 4 is 17.9 Å². The Morgan fingerprint density at radius 1 is 1.32 bits per heavy atom. The molecule has 0 aliphatic heterocycles. The monoisotopic (exact) mass is 309 g/mol. The van der Waals surface area contributed by atoms with Crippen molar-refractivity contribution in [3.05, 3.63) is 34.2 Å². The molecule has 8 nitrogen and oxygen atoms in total. The van der Waals surface area contributed by atoms with E-state index in [1.54, 1.807) is 0 Å². The van der Waals surface area contributed by atoms with Gasteiger partial charge in [-0.3, -0.25) is 14.9 Å². The second-order valence-electron chi connectivity index (χ2n) is 4.98. The van der Waals surface area contributed by atoms with Gasteiger partial charge in [0.05, 0.1) is 0 Å². The van der Waals surface area contributed by atoms with Crippen LogP contribution in [-0.2, 0) is 9.53 Å². The summed E-state index contributed by atoms with van der Waals surface area (Å²) in [6.07, 6.45) is 2.15. The van der Waals surface area contributed by atoms with E-state index in [0.717, 1.165) is 6.42 Å². The van der Waals surface area contributed by atoms with Crippen LogP contribution in [0.5, 0.6) is 0 Å². The fourth-order valence-electron chi connectivity index (χ4n) is 1.47. The summed E-state index contributed by atoms with van der Waals surface area (Å²) in [6.45, 7) is 3.81. The van der Waals surface area contributed by atoms with Gasteiger partial charge in [-0.15, -0.1) is 0 Å². The van der Waals surface area contributed by atoms with Gasteiger partial charge in [0, 0.05) is 12.7 Å². The Morgan fingerprint density at radius 2 is 2.05 bits per heavy atom. The Hall–Kier alpha value is -2.64. The van der Waals surface area contributed by atoms with Gasteiger partial charge in [0.2, 0.25) is 0 Å². The van der Waals surface area contributed by atoms with E-state index in [0.29, 0.717) is 12.5 Å². The lowest BCUT2D eigenvalue weighted by Gasteiger charge is -2.08. The van der Waals surface area contributed by atoms with Crippen LogP contribution in [0.15, 0.2) is 23.1 Å². The largest absolute Gasteiger partial charge is 0.452 e. The van der Waals surface area contributed by atoms with E-state index >= 15 is 0 Å². The van der Waals surface area contributed by atoms with Crippen LogP contribution in [0.25, 0.3) is 0 Å². The average Bonchev–Trinajstić information content (AvgIpc) is 2.44. The summed E-state index contributed by atoms with van der Waals surface area (Å²) in [5, 5.41) is 4.53. The molecular formula is C14H19N3O5. The van der Waals surface area contributed by atoms with Crippen LogP contribution in [0, 0.1) is 5.92 Å². The molecule has 0 aliphatic rings. The van der Waals surface area contributed by atoms with E-state index < -0.39 is 30.1 Å². The number of nitrogens with one attached hydrogen (secondary N) is 3. The number of aromatic amines is 1. The third-order valence-electron chi connectivity index (χ3n) is 2.63. The summed E-state index contributed by atoms with van der Waals surface area (Å²) in [5.74, 6) is -1.28. The summed E-state index contributed by atoms with van der Waals surface area (Å²) in [5.41, 5.74) is -0.823. The quantitative estimate of drug-likeness (QED) is 0.658. The van der Waals surface area contributed by atoms with Crippen LogP contribution in [0.1, 0.15) is 30.6 Å². The van der Waals surface area contributed by atoms with Crippen LogP contribution in [0.3, 0.4) is 0 Å². The average molecular weight is 309 g/mol. The van der Waals surface area contributed by atoms with Gasteiger partial charge in [0.25, 0.3) is 11.5 Å². The van der Waals surface area contributed by atoms with E-state index in [4.69, 9.17) is 0 Å². The van der Waals surface area contributed by atoms with Gasteiger partial charge in [-0.1, -0.05) is 13.8 Å². The molecule has 0 aromatic carbocycles. The SMILES string of the molecule is CC(C)CCNC(=O)NC(=O)COC(=O)c1ccc[nH]c1=O. The number of carbonyl (C=O) groups is 3. The van der Waals surface area contributed by atoms with E-state index in [-0.39, 0.29) is 5.56 Å². The van der Waals surface area contributed by atoms with Crippen molar-refractivity contribution in [1.29, 1.82) is 0 Å². The highest BCUT2D eigenvalue weighted by molar-refractivity contribution is 5.96. The Morgan fingerprint density at radius 3 is 2.68 bits per heavy atom. The van der Waals surface area contributed by atoms with Crippen LogP contribution >= 0.6 is 0 Å². The van der Waals surface area contributed by atoms with Crippen molar-refractivity contribution in [2.24, 2.45) is 5.92 Å². The van der Waals surface area contributed by atoms with Crippen molar-refractivity contribution in [2.45, 2.75) is 20.3 Å². The van der Waals surface area contributed by atoms with Gasteiger partial charge >= 0.3 is 12.0 Å². The van der Waals surface area contributed by atoms with E-state index in [2.05, 4.69) is 15.0 Å². The summed E-state index contributed by atoms with van der Waals surface area (Å²) in [4.78, 5) is 48.0. The molecule has 1 rings (SSSR count). The minimum Gasteiger partial charge on any atom is -0.452 e. The minimum absolute atomic E-state index is 0.211. The number of carbonyl (C=O) groups excluding carboxylic acids is 3. The van der Waals surface area contributed by atoms with Gasteiger partial charge < -0.3 is 15.0 Å². The third-order valence-corrected chi connectivity index (χ3v) is 2.63. The molecule has 0 spiro atoms. The highest BCUT2D eigenvalue weighted by Gasteiger charge is 2.14. The molecule has 0 aliphatic carbocycles. The lowest BCUT2D eigenvalue weighted by molar-refractivity contribution is -0.123. The first kappa shape index (κ1) is 17.4. The predicted octanol–water partition coefficient (Wildman–Crippen LogP) is 0.404. The summed E-state index contributed by atoms with van der Waals surface area (Å²) >= 11 is 0. The number of esters is 1. The maximum atomic E-state index is 11.6. The van der Waals surface area contributed by atoms with Gasteiger partial charge in [-0.25, -0.2) is 9.59 Å². The van der Waals surface area contributed by atoms with Crippen LogP contribution in [0.2, 0.25) is 0 Å². The van der Waals surface area contributed by atoms with Crippen molar-refractivity contribution in [3.63, 3.8) is 0 Å². The van der Waals surface area contributed by atoms with Gasteiger partial charge in [0.15, 0.2) is 6.61 Å². The molecule has 1 aromatic heterocycles. The van der Waals surface area contributed by atoms with Crippen LogP contribution in [0.4, 0.5) is 4.79 Å². The summed E-state index contributed by atoms with van der Waals surface area (Å²) in [6, 6.07) is 2.08. The standard InChI is InChI=1S/C14H19N3O5/c1-9(2)5-7-16-14(21)17-11(18)8-22-13(20)10-4-3-6-15-12(10)19/h3-4,6,9H,5,7-8H2,1-2H3,(H,15,19)(H2,16,17,18,21). The first-order valence-corrected chi connectivity index (χ1v) is 6.82. The molecule has 3 N–H and O–H groups in total. The number of imide groups is 1. The molecule has 1 heterocycles. The Kier molecular flexibility index (Phi) is 6.81. The third kappa shape index (κ3) is 6.21. The molecule has 0 saturated heterocycles. The molecule has 0 radical (unpaired) electrons. The number of pyridine rings is 1. The predicted molar refractivity (Wildman–Crippen MR) is 78.3 cm³/mol. The van der Waals surface area contributed by atoms with Crippen molar-refractivity contribution in [3.8, 4) is 0 Å². The Labute approximate surface area is 127 Å². The second-order valence-corrected chi connectivity index (χ2v) is 4.98. The minimum atomic E-state index is -0.933. The zero-order chi connectivity index (χ0) is 16.5. The topological polar surface area (TPSA) is 117 Å². The maximum Gasteiger partial charge on any atom is 0.344 e. The summed E-state index contributed by atoms with van der Waals surface area (Å²) < 4.78 is 4.66. The molecule has 0 saturated carbocycles. The second kappa shape index (κ2) is 8.60. The summed E-state index contributed by atoms with van der Waals surface area (Å²) in [7, 11) is 0. The molecule has 0 fully saturated rings. The van der Waals surface area contributed by atoms with Gasteiger partial charge in [-0.05, 0) is 24.5 Å². The Balaban J connectivity index is 2.34. The normalized spacial score (nSPS) is 10.1. The Bertz CT molecular complexity index is 594. The molecular weight excluding hydrogens is 290 g/mol. The molecule has 1 aromatic rings. The highest BCUT2D eigenvalue weighted by atomic mass is 16.5. The van der Waals surface area contributed by atoms with Crippen LogP contribution in [-0.4, -0.2) is 36.0 Å². The zero-order valence-corrected chi connectivity index (χ0v) is 12.5. The van der Waals surface area contributed by atoms with E-state index in [1.807, 2.05) is 19.2 Å². The first-order chi connectivity index (χ1) is 10.4. The molecule has 22 heavy (non-hydrogen) atoms. The number of aromatic nitrogens is 1. The molecule has 3 amide bonds. The smallest absolute Gasteiger partial charge is 0.344 e. The number of hydrogen-bond acceptors (Lipinski definition) is 5. The van der Waals surface area contributed by atoms with E-state index in [1.165, 1.54) is 18.3 Å². The number of hydrogen-bond donors (Lipinski definition) is 3. The number of ether oxygens (including phenoxy) is 1. The number of H-pyrrole nitrogens is 1. The van der Waals surface area contributed by atoms with Crippen molar-refractivity contribution < 1.29 is 19.1 Å². The molecule has 0 atom stereocenters. The zero-order valence-electron chi connectivity index (χ0n) is 12.5. The first-order valence-electron chi connectivity index (χ1n) is 6.82. The van der Waals surface area contributed by atoms with E-state index in [9.17, 15) is 19.2 Å². The fraction of sp³-hybridized carbons (Fsp3) is 0.429. The molecule has 0 unspecified atom stereocenters. The lowest BCUT2D eigenvalue weighted by atomic mass is 10.1.